The van der Waals surface area contributed by atoms with E-state index in [1.54, 1.807) is 0 Å². The van der Waals surface area contributed by atoms with Gasteiger partial charge in [0.1, 0.15) is 15.5 Å². The molecule has 0 saturated heterocycles. The van der Waals surface area contributed by atoms with Crippen LogP contribution >= 0.6 is 0 Å². The van der Waals surface area contributed by atoms with Crippen molar-refractivity contribution in [2.45, 2.75) is 26.5 Å². The van der Waals surface area contributed by atoms with E-state index in [0.29, 0.717) is 6.07 Å². The normalized spacial score (nSPS) is 12.1. The number of nitrogens with zero attached hydrogens (tertiary/aromatic N) is 4. The monoisotopic (exact) mass is 875 g/mol. The fourth-order valence-electron chi connectivity index (χ4n) is 4.78. The number of azo groups is 2. The number of hydrogen-bond acceptors (Lipinski definition) is 14. The van der Waals surface area contributed by atoms with Crippen molar-refractivity contribution in [1.29, 1.82) is 0 Å². The Morgan fingerprint density at radius 3 is 1.58 bits per heavy atom. The molecule has 0 spiro atoms. The smallest absolute Gasteiger partial charge is 1.00 e. The van der Waals surface area contributed by atoms with Gasteiger partial charge < -0.3 is 16.1 Å². The Labute approximate surface area is 407 Å². The third-order valence-corrected chi connectivity index (χ3v) is 10.4. The third kappa shape index (κ3) is 12.1. The van der Waals surface area contributed by atoms with Gasteiger partial charge >= 0.3 is 118 Å². The molecule has 1 amide bonds. The van der Waals surface area contributed by atoms with Gasteiger partial charge in [-0.1, -0.05) is 6.07 Å². The summed E-state index contributed by atoms with van der Waals surface area (Å²) in [4.78, 5) is 8.74. The van der Waals surface area contributed by atoms with Crippen molar-refractivity contribution in [2.75, 3.05) is 5.32 Å². The first kappa shape index (κ1) is 51.7. The first-order chi connectivity index (χ1) is 23.6. The van der Waals surface area contributed by atoms with Crippen molar-refractivity contribution in [3.05, 3.63) is 72.8 Å². The van der Waals surface area contributed by atoms with Gasteiger partial charge in [-0.25, -0.2) is 0 Å². The molecule has 5 rings (SSSR count). The number of hydrogen-bond donors (Lipinski definition) is 6. The van der Waals surface area contributed by atoms with Crippen molar-refractivity contribution >= 4 is 96.4 Å². The predicted molar refractivity (Wildman–Crippen MR) is 182 cm³/mol. The predicted octanol–water partition coefficient (Wildman–Crippen LogP) is -6.06. The van der Waals surface area contributed by atoms with Crippen LogP contribution in [-0.4, -0.2) is 62.9 Å². The number of anilines is 1. The summed E-state index contributed by atoms with van der Waals surface area (Å²) in [6, 6.07) is 12.6. The van der Waals surface area contributed by atoms with Gasteiger partial charge in [0.05, 0.1) is 37.9 Å². The molecule has 5 aromatic carbocycles. The Balaban J connectivity index is -0.00000189. The van der Waals surface area contributed by atoms with E-state index in [1.165, 1.54) is 30.3 Å². The first-order valence-electron chi connectivity index (χ1n) is 13.6. The number of benzene rings is 5. The molecule has 0 heterocycles. The van der Waals surface area contributed by atoms with Crippen LogP contribution in [0.4, 0.5) is 28.4 Å². The minimum atomic E-state index is -5.33. The van der Waals surface area contributed by atoms with E-state index in [2.05, 4.69) is 25.8 Å². The maximum atomic E-state index is 12.5. The fraction of sp³-hybridized carbons (Fsp3) is 0.0357. The van der Waals surface area contributed by atoms with E-state index < -0.39 is 88.2 Å². The summed E-state index contributed by atoms with van der Waals surface area (Å²) in [5.74, 6) is -1.82. The number of aromatic hydroxyl groups is 1. The number of rotatable bonds is 9. The average molecular weight is 876 g/mol. The molecule has 274 valence electrons. The summed E-state index contributed by atoms with van der Waals surface area (Å²) in [7, 11) is -19.7. The molecule has 27 heteroatoms. The molecule has 5 aromatic rings. The van der Waals surface area contributed by atoms with E-state index in [0.717, 1.165) is 43.3 Å². The molecule has 0 aliphatic heterocycles. The van der Waals surface area contributed by atoms with Gasteiger partial charge in [0.15, 0.2) is 5.75 Å². The van der Waals surface area contributed by atoms with E-state index in [4.69, 9.17) is 4.55 Å². The van der Waals surface area contributed by atoms with Crippen LogP contribution < -0.4 is 124 Å². The molecule has 0 fully saturated rings. The van der Waals surface area contributed by atoms with Gasteiger partial charge in [-0.2, -0.15) is 38.8 Å². The van der Waals surface area contributed by atoms with E-state index in [9.17, 15) is 57.2 Å². The molecule has 6 N–H and O–H groups in total. The number of fused-ring (bicyclic) bond motifs is 2. The SMILES string of the molecule is CC(=O)Nc1ccc(S(=O)(=O)O)c2cc(S(=O)(=O)O)c(N=Nc3ccc(N=Nc4ccc(S(=O)(=O)O)cc4)c4ccc(S(=O)(=O)O)cc34)c(O)c12.[H-].[H-].[H-].[H-].[Na+].[Na+].[Na+].[Na+]. The minimum Gasteiger partial charge on any atom is -1.00 e. The van der Waals surface area contributed by atoms with E-state index >= 15 is 0 Å². The number of nitrogens with one attached hydrogen (secondary N) is 1. The second-order valence-electron chi connectivity index (χ2n) is 10.4. The zero-order chi connectivity index (χ0) is 37.7. The zero-order valence-corrected chi connectivity index (χ0v) is 40.5. The van der Waals surface area contributed by atoms with Crippen molar-refractivity contribution < 1.29 is 186 Å². The summed E-state index contributed by atoms with van der Waals surface area (Å²) < 4.78 is 134. The third-order valence-electron chi connectivity index (χ3n) is 6.95. The van der Waals surface area contributed by atoms with Gasteiger partial charge in [0.25, 0.3) is 40.5 Å². The molecule has 0 saturated carbocycles. The van der Waals surface area contributed by atoms with Crippen LogP contribution in [0.2, 0.25) is 0 Å². The Hall–Kier alpha value is -1.27. The molecule has 0 radical (unpaired) electrons. The Morgan fingerprint density at radius 1 is 0.564 bits per heavy atom. The van der Waals surface area contributed by atoms with Gasteiger partial charge in [0, 0.05) is 23.1 Å². The van der Waals surface area contributed by atoms with E-state index in [1.807, 2.05) is 0 Å². The van der Waals surface area contributed by atoms with Crippen LogP contribution in [0, 0.1) is 0 Å². The second-order valence-corrected chi connectivity index (χ2v) is 16.0. The van der Waals surface area contributed by atoms with Crippen molar-refractivity contribution in [1.82, 2.24) is 0 Å². The van der Waals surface area contributed by atoms with Gasteiger partial charge in [-0.05, 0) is 66.7 Å². The maximum Gasteiger partial charge on any atom is 1.00 e. The standard InChI is InChI=1S/C28H21N5O14S4.4Na.4H/c1-14(34)29-23-10-11-24(50(42,43)44)20-13-25(51(45,46)47)27(28(35)26(20)23)33-32-22-9-8-21(18-7-6-17(12-19(18)22)49(39,40)41)31-30-15-2-4-16(5-3-15)48(36,37)38;;;;;;;;/h2-13,35H,1H3,(H,29,34)(H,36,37,38)(H,39,40,41)(H,42,43,44)(H,45,46,47);;;;;;;;/q;4*+1;4*-1. The van der Waals surface area contributed by atoms with Crippen LogP contribution in [0.15, 0.2) is 113 Å². The molecule has 0 atom stereocenters. The topological polar surface area (TPSA) is 316 Å². The molecule has 0 unspecified atom stereocenters. The Morgan fingerprint density at radius 2 is 1.07 bits per heavy atom. The molecule has 0 aliphatic rings. The number of amides is 1. The average Bonchev–Trinajstić information content (AvgIpc) is 3.01. The minimum absolute atomic E-state index is 0. The summed E-state index contributed by atoms with van der Waals surface area (Å²) in [6.07, 6.45) is 0. The van der Waals surface area contributed by atoms with Crippen molar-refractivity contribution in [3.63, 3.8) is 0 Å². The molecular weight excluding hydrogens is 851 g/mol. The first-order valence-corrected chi connectivity index (χ1v) is 19.3. The van der Waals surface area contributed by atoms with E-state index in [-0.39, 0.29) is 157 Å². The molecule has 0 bridgehead atoms. The van der Waals surface area contributed by atoms with Crippen LogP contribution in [0.25, 0.3) is 21.5 Å². The Bertz CT molecular complexity index is 2850. The summed E-state index contributed by atoms with van der Waals surface area (Å²) in [5, 5.41) is 28.2. The largest absolute Gasteiger partial charge is 1.00 e. The van der Waals surface area contributed by atoms with Gasteiger partial charge in [-0.3, -0.25) is 23.0 Å². The number of phenolic OH excluding ortho intramolecular Hbond substituents is 1. The fourth-order valence-corrected chi connectivity index (χ4v) is 7.09. The molecule has 0 aromatic heterocycles. The van der Waals surface area contributed by atoms with Gasteiger partial charge in [-0.15, -0.1) is 15.3 Å². The zero-order valence-electron chi connectivity index (χ0n) is 33.3. The van der Waals surface area contributed by atoms with Crippen LogP contribution in [-0.2, 0) is 45.3 Å². The number of carbonyl (C=O) groups excluding carboxylic acids is 1. The molecule has 55 heavy (non-hydrogen) atoms. The second kappa shape index (κ2) is 19.7. The quantitative estimate of drug-likeness (QED) is 0.0457. The number of phenols is 1. The Kier molecular flexibility index (Phi) is 18.5. The molecule has 0 aliphatic carbocycles. The van der Waals surface area contributed by atoms with Crippen LogP contribution in [0.1, 0.15) is 12.6 Å². The maximum absolute atomic E-state index is 12.5. The summed E-state index contributed by atoms with van der Waals surface area (Å²) in [6.45, 7) is 1.07. The van der Waals surface area contributed by atoms with Crippen LogP contribution in [0.5, 0.6) is 5.75 Å². The summed E-state index contributed by atoms with van der Waals surface area (Å²) in [5.41, 5.74) is -1.27. The number of carbonyl (C=O) groups is 1. The summed E-state index contributed by atoms with van der Waals surface area (Å²) >= 11 is 0. The van der Waals surface area contributed by atoms with Crippen LogP contribution in [0.3, 0.4) is 0 Å². The van der Waals surface area contributed by atoms with Crippen molar-refractivity contribution in [2.24, 2.45) is 20.5 Å². The van der Waals surface area contributed by atoms with Crippen molar-refractivity contribution in [3.8, 4) is 5.75 Å². The molecule has 19 nitrogen and oxygen atoms in total. The van der Waals surface area contributed by atoms with Gasteiger partial charge in [0.2, 0.25) is 5.91 Å². The molecular formula is C28H25N5Na4O14S4.